The fraction of sp³-hybridized carbons (Fsp3) is 0.618. The van der Waals surface area contributed by atoms with Gasteiger partial charge in [0.25, 0.3) is 0 Å². The Bertz CT molecular complexity index is 2950. The first-order valence-electron chi connectivity index (χ1n) is 32.6. The number of unbranched alkanes of at least 4 members (excludes halogenated alkanes) is 4. The molecule has 22 nitrogen and oxygen atoms in total. The van der Waals surface area contributed by atoms with Gasteiger partial charge in [0.1, 0.15) is 37.7 Å². The first kappa shape index (κ1) is 71.4. The fourth-order valence-electron chi connectivity index (χ4n) is 14.2. The summed E-state index contributed by atoms with van der Waals surface area (Å²) < 4.78 is 48.5. The molecule has 0 radical (unpaired) electrons. The van der Waals surface area contributed by atoms with E-state index in [0.29, 0.717) is 79.8 Å². The molecule has 500 valence electrons. The van der Waals surface area contributed by atoms with E-state index < -0.39 is 107 Å². The van der Waals surface area contributed by atoms with Crippen molar-refractivity contribution < 1.29 is 71.5 Å². The van der Waals surface area contributed by atoms with E-state index in [1.54, 1.807) is 75.4 Å². The number of Topliss-reactive ketones (excluding diaryl/α,β-unsaturated/α-hetero) is 1. The Hall–Kier alpha value is -7.05. The lowest BCUT2D eigenvalue weighted by Gasteiger charge is -2.62. The summed E-state index contributed by atoms with van der Waals surface area (Å²) in [7, 11) is 0. The van der Waals surface area contributed by atoms with E-state index in [9.17, 15) is 43.5 Å². The number of hydrogen-bond acceptors (Lipinski definition) is 15. The molecule has 1 saturated heterocycles. The van der Waals surface area contributed by atoms with Gasteiger partial charge in [-0.05, 0) is 163 Å². The van der Waals surface area contributed by atoms with E-state index in [-0.39, 0.29) is 68.5 Å². The van der Waals surface area contributed by atoms with Crippen molar-refractivity contribution in [2.24, 2.45) is 40.1 Å². The number of ether oxygens (including phenoxy) is 5. The van der Waals surface area contributed by atoms with Crippen molar-refractivity contribution in [3.8, 4) is 5.75 Å². The second-order valence-electron chi connectivity index (χ2n) is 25.8. The van der Waals surface area contributed by atoms with Crippen molar-refractivity contribution in [1.29, 1.82) is 0 Å². The molecular weight excluding hydrogens is 1170 g/mol. The summed E-state index contributed by atoms with van der Waals surface area (Å²) in [5, 5.41) is 28.3. The summed E-state index contributed by atoms with van der Waals surface area (Å²) in [6, 6.07) is 8.98. The Balaban J connectivity index is 0.859. The van der Waals surface area contributed by atoms with Crippen LogP contribution >= 0.6 is 0 Å². The molecule has 4 fully saturated rings. The lowest BCUT2D eigenvalue weighted by Crippen LogP contribution is -2.69. The molecule has 5 aliphatic rings. The molecule has 2 aromatic rings. The number of amides is 7. The second-order valence-corrected chi connectivity index (χ2v) is 25.8. The molecule has 0 spiro atoms. The number of alkyl halides is 1. The number of fused-ring (bicyclic) bond motifs is 7. The molecule has 3 saturated carbocycles. The van der Waals surface area contributed by atoms with Crippen molar-refractivity contribution in [3.05, 3.63) is 90.6 Å². The second kappa shape index (κ2) is 32.5. The number of carbonyl (C=O) groups is 8. The summed E-state index contributed by atoms with van der Waals surface area (Å²) in [4.78, 5) is 105. The van der Waals surface area contributed by atoms with Gasteiger partial charge in [0.2, 0.25) is 29.4 Å². The van der Waals surface area contributed by atoms with Gasteiger partial charge in [-0.25, -0.2) is 14.0 Å². The molecule has 13 atom stereocenters. The van der Waals surface area contributed by atoms with E-state index in [0.717, 1.165) is 44.9 Å². The van der Waals surface area contributed by atoms with E-state index >= 15 is 4.39 Å². The van der Waals surface area contributed by atoms with E-state index in [1.165, 1.54) is 12.2 Å². The topological polar surface area (TPSA) is 327 Å². The van der Waals surface area contributed by atoms with Crippen LogP contribution in [0.2, 0.25) is 0 Å². The van der Waals surface area contributed by atoms with Crippen LogP contribution in [-0.2, 0) is 54.3 Å². The van der Waals surface area contributed by atoms with Gasteiger partial charge in [-0.15, -0.1) is 6.58 Å². The molecule has 7 amide bonds. The molecule has 7 rings (SSSR count). The number of carbonyl (C=O) groups excluding carboxylic acids is 8. The van der Waals surface area contributed by atoms with Crippen LogP contribution in [0.25, 0.3) is 0 Å². The van der Waals surface area contributed by atoms with Gasteiger partial charge >= 0.3 is 12.1 Å². The quantitative estimate of drug-likeness (QED) is 0.0232. The summed E-state index contributed by atoms with van der Waals surface area (Å²) >= 11 is 0. The minimum absolute atomic E-state index is 0.0221. The number of aliphatic hydroxyl groups is 1. The number of ketones is 2. The van der Waals surface area contributed by atoms with Crippen LogP contribution in [0.3, 0.4) is 0 Å². The molecule has 91 heavy (non-hydrogen) atoms. The fourth-order valence-corrected chi connectivity index (χ4v) is 14.2. The largest absolute Gasteiger partial charge is 0.486 e. The molecule has 2 aromatic carbocycles. The maximum Gasteiger partial charge on any atom is 0.411 e. The molecule has 0 aromatic heterocycles. The highest BCUT2D eigenvalue weighted by atomic mass is 19.1. The molecule has 1 aliphatic heterocycles. The maximum absolute atomic E-state index is 17.9. The van der Waals surface area contributed by atoms with Crippen LogP contribution in [0.4, 0.5) is 25.4 Å². The van der Waals surface area contributed by atoms with E-state index in [4.69, 9.17) is 35.2 Å². The van der Waals surface area contributed by atoms with Gasteiger partial charge in [0, 0.05) is 41.2 Å². The number of hydrogen-bond donors (Lipinski definition) is 9. The van der Waals surface area contributed by atoms with E-state index in [2.05, 4.69) is 38.5 Å². The Morgan fingerprint density at radius 1 is 0.846 bits per heavy atom. The minimum Gasteiger partial charge on any atom is -0.486 e. The standard InChI is InChI=1S/C68H97FN8O14/c1-8-11-12-13-14-19-48(10-3)88-41-57(81)72-34-16-15-20-52(70)60(82)77-59(42(4)5)62(84)76-53(21-17-35-73-63(71)85)61(83)74-45-25-22-43(23-26-45)39-89-64(86)75-46-27-29-49(30-28-46)87-40-55(80)68-56(90-58(91-68)18-9-2)37-51-50-31-24-44-36-47(78)32-33-65(44,6)67(50,69)54(79)38-66(51,68)7/h8,22-23,25-30,32-33,36,42,48,50-54,56,58-59,79H,1,9-21,24,31,34-35,37-41,70H2,2-7H3,(H,72,81)(H,74,83)(H,75,86)(H,76,84)(H,77,82)(H3,71,73,85)/t48?,50-,51-,52-,53-,54-,56+,58?,59-,65-,66-,67-,68+/m0/s1. The van der Waals surface area contributed by atoms with Crippen molar-refractivity contribution >= 4 is 58.7 Å². The van der Waals surface area contributed by atoms with Crippen LogP contribution in [0.1, 0.15) is 156 Å². The summed E-state index contributed by atoms with van der Waals surface area (Å²) in [6.45, 7) is 14.9. The third-order valence-corrected chi connectivity index (χ3v) is 19.2. The van der Waals surface area contributed by atoms with E-state index in [1.807, 2.05) is 26.8 Å². The minimum atomic E-state index is -2.09. The first-order valence-corrected chi connectivity index (χ1v) is 32.6. The zero-order chi connectivity index (χ0) is 66.1. The predicted octanol–water partition coefficient (Wildman–Crippen LogP) is 8.20. The monoisotopic (exact) mass is 1270 g/mol. The number of nitrogens with one attached hydrogen (secondary N) is 6. The van der Waals surface area contributed by atoms with Gasteiger partial charge in [0.15, 0.2) is 23.3 Å². The van der Waals surface area contributed by atoms with Crippen molar-refractivity contribution in [2.75, 3.05) is 36.9 Å². The lowest BCUT2D eigenvalue weighted by molar-refractivity contribution is -0.230. The number of urea groups is 1. The highest BCUT2D eigenvalue weighted by Crippen LogP contribution is 2.72. The molecule has 2 unspecified atom stereocenters. The predicted molar refractivity (Wildman–Crippen MR) is 341 cm³/mol. The number of allylic oxidation sites excluding steroid dienone is 5. The van der Waals surface area contributed by atoms with Crippen LogP contribution in [-0.4, -0.2) is 133 Å². The highest BCUT2D eigenvalue weighted by molar-refractivity contribution is 6.01. The third kappa shape index (κ3) is 17.2. The Morgan fingerprint density at radius 2 is 1.55 bits per heavy atom. The number of rotatable bonds is 35. The van der Waals surface area contributed by atoms with Crippen molar-refractivity contribution in [3.63, 3.8) is 0 Å². The zero-order valence-electron chi connectivity index (χ0n) is 53.8. The summed E-state index contributed by atoms with van der Waals surface area (Å²) in [5.74, 6) is -3.62. The van der Waals surface area contributed by atoms with Gasteiger partial charge in [-0.1, -0.05) is 83.7 Å². The van der Waals surface area contributed by atoms with Gasteiger partial charge in [-0.2, -0.15) is 0 Å². The van der Waals surface area contributed by atoms with Crippen LogP contribution in [0.15, 0.2) is 85.0 Å². The number of nitrogens with two attached hydrogens (primary N) is 2. The van der Waals surface area contributed by atoms with Gasteiger partial charge in [0.05, 0.1) is 24.4 Å². The molecule has 11 N–H and O–H groups in total. The number of aliphatic hydroxyl groups excluding tert-OH is 1. The number of halogens is 1. The van der Waals surface area contributed by atoms with Crippen LogP contribution < -0.4 is 48.1 Å². The molecule has 4 aliphatic carbocycles. The van der Waals surface area contributed by atoms with Crippen molar-refractivity contribution in [2.45, 2.75) is 211 Å². The third-order valence-electron chi connectivity index (χ3n) is 19.2. The Labute approximate surface area is 534 Å². The Kier molecular flexibility index (Phi) is 25.5. The number of benzene rings is 2. The number of anilines is 2. The van der Waals surface area contributed by atoms with Gasteiger partial charge in [-0.3, -0.25) is 34.1 Å². The average molecular weight is 1270 g/mol. The zero-order valence-corrected chi connectivity index (χ0v) is 53.8. The molecular formula is C68H97FN8O14. The van der Waals surface area contributed by atoms with Crippen molar-refractivity contribution in [1.82, 2.24) is 21.3 Å². The summed E-state index contributed by atoms with van der Waals surface area (Å²) in [5.41, 5.74) is 7.68. The molecule has 23 heteroatoms. The smallest absolute Gasteiger partial charge is 0.411 e. The summed E-state index contributed by atoms with van der Waals surface area (Å²) in [6.07, 6.45) is 13.0. The molecule has 0 bridgehead atoms. The normalized spacial score (nSPS) is 26.6. The maximum atomic E-state index is 17.9. The van der Waals surface area contributed by atoms with Gasteiger partial charge < -0.3 is 66.8 Å². The van der Waals surface area contributed by atoms with Crippen LogP contribution in [0.5, 0.6) is 5.75 Å². The Morgan fingerprint density at radius 3 is 2.24 bits per heavy atom. The number of primary amides is 1. The first-order chi connectivity index (χ1) is 43.4. The molecule has 1 heterocycles. The highest BCUT2D eigenvalue weighted by Gasteiger charge is 2.79. The lowest BCUT2D eigenvalue weighted by atomic mass is 9.44. The average Bonchev–Trinajstić information content (AvgIpc) is 1.57. The SMILES string of the molecule is C=CCCCCCC(CC)OCC(=O)NCCCC[C@H](N)C(=O)N[C@H](C(=O)N[C@@H](CCCNC(N)=O)C(=O)Nc1ccc(COC(=O)Nc2ccc(OCC(=O)[C@@]34OC(CCC)O[C@@H]3C[C@H]3[C@@H]5CCC6=CC(=O)C=C[C@]6(C)[C@@]5(F)[C@@H](O)C[C@@]34C)cc2)cc1)C(C)C. The van der Waals surface area contributed by atoms with Crippen LogP contribution in [0, 0.1) is 28.6 Å².